The number of carbonyl (C=O) groups excluding carboxylic acids is 2. The lowest BCUT2D eigenvalue weighted by Gasteiger charge is -2.20. The predicted octanol–water partition coefficient (Wildman–Crippen LogP) is 4.61. The van der Waals surface area contributed by atoms with E-state index in [1.165, 1.54) is 29.2 Å². The standard InChI is InChI=1S/C26H21FN2O4/c1-15-3-4-16(2)20(13-15)29-25(30)23(17-5-7-18(27)8-6-17)24(26(29)31)28-19-9-10-21-22(14-19)33-12-11-32-21/h3-10,13-14,28H,11-12H2,1-2H3. The van der Waals surface area contributed by atoms with E-state index in [0.29, 0.717) is 41.7 Å². The molecule has 3 aromatic rings. The summed E-state index contributed by atoms with van der Waals surface area (Å²) >= 11 is 0. The van der Waals surface area contributed by atoms with Gasteiger partial charge in [-0.3, -0.25) is 9.59 Å². The highest BCUT2D eigenvalue weighted by Crippen LogP contribution is 2.37. The number of hydrogen-bond donors (Lipinski definition) is 1. The fraction of sp³-hybridized carbons (Fsp3) is 0.154. The first-order valence-electron chi connectivity index (χ1n) is 10.6. The summed E-state index contributed by atoms with van der Waals surface area (Å²) in [5, 5.41) is 3.11. The van der Waals surface area contributed by atoms with Crippen LogP contribution in [0.15, 0.2) is 66.4 Å². The van der Waals surface area contributed by atoms with Crippen LogP contribution in [0, 0.1) is 19.7 Å². The number of aryl methyl sites for hydroxylation is 2. The van der Waals surface area contributed by atoms with Crippen LogP contribution >= 0.6 is 0 Å². The zero-order valence-corrected chi connectivity index (χ0v) is 18.1. The SMILES string of the molecule is Cc1ccc(C)c(N2C(=O)C(Nc3ccc4c(c3)OCCO4)=C(c3ccc(F)cc3)C2=O)c1. The van der Waals surface area contributed by atoms with E-state index in [0.717, 1.165) is 11.1 Å². The summed E-state index contributed by atoms with van der Waals surface area (Å²) in [7, 11) is 0. The van der Waals surface area contributed by atoms with Crippen molar-refractivity contribution in [2.24, 2.45) is 0 Å². The van der Waals surface area contributed by atoms with Crippen molar-refractivity contribution < 1.29 is 23.5 Å². The van der Waals surface area contributed by atoms with Crippen molar-refractivity contribution in [2.75, 3.05) is 23.4 Å². The molecular weight excluding hydrogens is 423 g/mol. The number of nitrogens with one attached hydrogen (secondary N) is 1. The maximum atomic E-state index is 13.6. The van der Waals surface area contributed by atoms with Gasteiger partial charge in [-0.2, -0.15) is 0 Å². The van der Waals surface area contributed by atoms with E-state index in [4.69, 9.17) is 9.47 Å². The Morgan fingerprint density at radius 2 is 1.58 bits per heavy atom. The third-order valence-corrected chi connectivity index (χ3v) is 5.63. The minimum absolute atomic E-state index is 0.115. The maximum Gasteiger partial charge on any atom is 0.282 e. The monoisotopic (exact) mass is 444 g/mol. The molecule has 1 N–H and O–H groups in total. The number of anilines is 2. The highest BCUT2D eigenvalue weighted by atomic mass is 19.1. The number of fused-ring (bicyclic) bond motifs is 1. The van der Waals surface area contributed by atoms with Gasteiger partial charge < -0.3 is 14.8 Å². The summed E-state index contributed by atoms with van der Waals surface area (Å²) < 4.78 is 24.8. The van der Waals surface area contributed by atoms with Gasteiger partial charge in [-0.15, -0.1) is 0 Å². The molecule has 2 heterocycles. The smallest absolute Gasteiger partial charge is 0.282 e. The summed E-state index contributed by atoms with van der Waals surface area (Å²) in [6.45, 7) is 4.64. The zero-order valence-electron chi connectivity index (χ0n) is 18.1. The Hall–Kier alpha value is -4.13. The number of benzene rings is 3. The van der Waals surface area contributed by atoms with Gasteiger partial charge in [-0.25, -0.2) is 9.29 Å². The van der Waals surface area contributed by atoms with Crippen molar-refractivity contribution >= 4 is 28.8 Å². The second-order valence-corrected chi connectivity index (χ2v) is 7.98. The van der Waals surface area contributed by atoms with Gasteiger partial charge in [0.15, 0.2) is 11.5 Å². The number of rotatable bonds is 4. The van der Waals surface area contributed by atoms with Crippen LogP contribution in [0.25, 0.3) is 5.57 Å². The average molecular weight is 444 g/mol. The van der Waals surface area contributed by atoms with Crippen molar-refractivity contribution in [1.82, 2.24) is 0 Å². The molecule has 166 valence electrons. The van der Waals surface area contributed by atoms with Gasteiger partial charge >= 0.3 is 0 Å². The second kappa shape index (κ2) is 8.09. The molecule has 0 fully saturated rings. The van der Waals surface area contributed by atoms with Gasteiger partial charge in [0, 0.05) is 11.8 Å². The van der Waals surface area contributed by atoms with Crippen LogP contribution in [0.2, 0.25) is 0 Å². The molecule has 0 atom stereocenters. The number of halogens is 1. The summed E-state index contributed by atoms with van der Waals surface area (Å²) in [5.41, 5.74) is 3.54. The molecule has 6 nitrogen and oxygen atoms in total. The molecule has 2 aliphatic heterocycles. The lowest BCUT2D eigenvalue weighted by molar-refractivity contribution is -0.120. The molecule has 0 radical (unpaired) electrons. The van der Waals surface area contributed by atoms with E-state index in [-0.39, 0.29) is 11.3 Å². The lowest BCUT2D eigenvalue weighted by Crippen LogP contribution is -2.33. The highest BCUT2D eigenvalue weighted by molar-refractivity contribution is 6.46. The van der Waals surface area contributed by atoms with Crippen LogP contribution in [-0.4, -0.2) is 25.0 Å². The van der Waals surface area contributed by atoms with Gasteiger partial charge in [0.25, 0.3) is 11.8 Å². The van der Waals surface area contributed by atoms with Crippen LogP contribution < -0.4 is 19.7 Å². The molecule has 2 aliphatic rings. The number of nitrogens with zero attached hydrogens (tertiary/aromatic N) is 1. The van der Waals surface area contributed by atoms with Crippen LogP contribution in [0.5, 0.6) is 11.5 Å². The first-order chi connectivity index (χ1) is 15.9. The van der Waals surface area contributed by atoms with E-state index in [1.54, 1.807) is 24.3 Å². The number of hydrogen-bond acceptors (Lipinski definition) is 5. The summed E-state index contributed by atoms with van der Waals surface area (Å²) in [6.07, 6.45) is 0. The molecule has 3 aromatic carbocycles. The van der Waals surface area contributed by atoms with Gasteiger partial charge in [-0.05, 0) is 60.9 Å². The van der Waals surface area contributed by atoms with Crippen LogP contribution in [0.3, 0.4) is 0 Å². The van der Waals surface area contributed by atoms with Gasteiger partial charge in [0.05, 0.1) is 11.3 Å². The minimum Gasteiger partial charge on any atom is -0.486 e. The van der Waals surface area contributed by atoms with Crippen LogP contribution in [-0.2, 0) is 9.59 Å². The number of imide groups is 1. The molecule has 0 spiro atoms. The highest BCUT2D eigenvalue weighted by Gasteiger charge is 2.41. The van der Waals surface area contributed by atoms with E-state index in [9.17, 15) is 14.0 Å². The largest absolute Gasteiger partial charge is 0.486 e. The molecule has 2 amide bonds. The van der Waals surface area contributed by atoms with Crippen molar-refractivity contribution in [2.45, 2.75) is 13.8 Å². The quantitative estimate of drug-likeness (QED) is 0.596. The molecule has 7 heteroatoms. The van der Waals surface area contributed by atoms with Gasteiger partial charge in [-0.1, -0.05) is 24.3 Å². The lowest BCUT2D eigenvalue weighted by atomic mass is 10.0. The number of carbonyl (C=O) groups is 2. The Labute approximate surface area is 190 Å². The third-order valence-electron chi connectivity index (χ3n) is 5.63. The molecule has 0 unspecified atom stereocenters. The molecule has 0 bridgehead atoms. The van der Waals surface area contributed by atoms with E-state index < -0.39 is 17.6 Å². The first-order valence-corrected chi connectivity index (χ1v) is 10.6. The van der Waals surface area contributed by atoms with Crippen molar-refractivity contribution in [3.05, 3.63) is 88.9 Å². The molecule has 0 saturated heterocycles. The van der Waals surface area contributed by atoms with Crippen molar-refractivity contribution in [1.29, 1.82) is 0 Å². The summed E-state index contributed by atoms with van der Waals surface area (Å²) in [5.74, 6) is -0.212. The normalized spacial score (nSPS) is 15.3. The first kappa shape index (κ1) is 20.8. The van der Waals surface area contributed by atoms with E-state index >= 15 is 0 Å². The van der Waals surface area contributed by atoms with E-state index in [1.807, 2.05) is 26.0 Å². The maximum absolute atomic E-state index is 13.6. The Morgan fingerprint density at radius 3 is 2.33 bits per heavy atom. The molecule has 33 heavy (non-hydrogen) atoms. The van der Waals surface area contributed by atoms with Crippen molar-refractivity contribution in [3.63, 3.8) is 0 Å². The van der Waals surface area contributed by atoms with Crippen LogP contribution in [0.1, 0.15) is 16.7 Å². The van der Waals surface area contributed by atoms with Gasteiger partial charge in [0.1, 0.15) is 24.7 Å². The molecule has 0 aliphatic carbocycles. The second-order valence-electron chi connectivity index (χ2n) is 7.98. The Balaban J connectivity index is 1.60. The van der Waals surface area contributed by atoms with Gasteiger partial charge in [0.2, 0.25) is 0 Å². The zero-order chi connectivity index (χ0) is 23.1. The average Bonchev–Trinajstić information content (AvgIpc) is 3.05. The van der Waals surface area contributed by atoms with E-state index in [2.05, 4.69) is 5.32 Å². The predicted molar refractivity (Wildman–Crippen MR) is 123 cm³/mol. The third kappa shape index (κ3) is 3.71. The Morgan fingerprint density at radius 1 is 0.848 bits per heavy atom. The number of amides is 2. The minimum atomic E-state index is -0.483. The molecular formula is C26H21FN2O4. The Bertz CT molecular complexity index is 1310. The topological polar surface area (TPSA) is 67.9 Å². The fourth-order valence-corrected chi connectivity index (χ4v) is 3.97. The fourth-order valence-electron chi connectivity index (χ4n) is 3.97. The van der Waals surface area contributed by atoms with Crippen LogP contribution in [0.4, 0.5) is 15.8 Å². The molecule has 0 saturated carbocycles. The molecule has 0 aromatic heterocycles. The number of ether oxygens (including phenoxy) is 2. The summed E-state index contributed by atoms with van der Waals surface area (Å²) in [4.78, 5) is 28.3. The van der Waals surface area contributed by atoms with Crippen molar-refractivity contribution in [3.8, 4) is 11.5 Å². The Kier molecular flexibility index (Phi) is 5.09. The summed E-state index contributed by atoms with van der Waals surface area (Å²) in [6, 6.07) is 16.3. The molecule has 5 rings (SSSR count).